The van der Waals surface area contributed by atoms with Crippen LogP contribution in [0.5, 0.6) is 0 Å². The molecule has 140 valence electrons. The summed E-state index contributed by atoms with van der Waals surface area (Å²) in [4.78, 5) is 12.2. The van der Waals surface area contributed by atoms with Crippen LogP contribution in [0.25, 0.3) is 17.4 Å². The largest absolute Gasteiger partial charge is 0.457 e. The molecule has 1 heterocycles. The van der Waals surface area contributed by atoms with Crippen LogP contribution in [0.1, 0.15) is 17.7 Å². The van der Waals surface area contributed by atoms with Crippen LogP contribution in [0.4, 0.5) is 4.39 Å². The minimum Gasteiger partial charge on any atom is -0.457 e. The first-order valence-corrected chi connectivity index (χ1v) is 8.95. The number of carbonyl (C=O) groups is 1. The minimum absolute atomic E-state index is 0.0418. The van der Waals surface area contributed by atoms with Crippen molar-refractivity contribution in [2.24, 2.45) is 0 Å². The van der Waals surface area contributed by atoms with E-state index < -0.39 is 5.91 Å². The fourth-order valence-electron chi connectivity index (χ4n) is 2.75. The van der Waals surface area contributed by atoms with E-state index in [4.69, 9.17) is 4.42 Å². The summed E-state index contributed by atoms with van der Waals surface area (Å²) >= 11 is 0. The lowest BCUT2D eigenvalue weighted by molar-refractivity contribution is -0.117. The number of nitriles is 1. The third kappa shape index (κ3) is 5.18. The lowest BCUT2D eigenvalue weighted by Crippen LogP contribution is -2.25. The number of hydrogen-bond donors (Lipinski definition) is 1. The summed E-state index contributed by atoms with van der Waals surface area (Å²) in [5.74, 6) is 0.0133. The van der Waals surface area contributed by atoms with Crippen molar-refractivity contribution < 1.29 is 13.6 Å². The zero-order chi connectivity index (χ0) is 19.8. The number of furan rings is 1. The molecule has 0 aliphatic carbocycles. The van der Waals surface area contributed by atoms with E-state index >= 15 is 0 Å². The van der Waals surface area contributed by atoms with E-state index in [2.05, 4.69) is 5.32 Å². The fourth-order valence-corrected chi connectivity index (χ4v) is 2.75. The summed E-state index contributed by atoms with van der Waals surface area (Å²) in [6.07, 6.45) is 3.01. The zero-order valence-electron chi connectivity index (χ0n) is 15.2. The van der Waals surface area contributed by atoms with Gasteiger partial charge in [-0.2, -0.15) is 5.26 Å². The molecule has 0 saturated heterocycles. The Morgan fingerprint density at radius 1 is 1.11 bits per heavy atom. The van der Waals surface area contributed by atoms with Crippen LogP contribution in [-0.4, -0.2) is 12.5 Å². The number of carbonyl (C=O) groups excluding carboxylic acids is 1. The van der Waals surface area contributed by atoms with Gasteiger partial charge in [-0.05, 0) is 42.7 Å². The number of rotatable bonds is 7. The van der Waals surface area contributed by atoms with Crippen LogP contribution in [0.2, 0.25) is 0 Å². The monoisotopic (exact) mass is 374 g/mol. The van der Waals surface area contributed by atoms with Crippen molar-refractivity contribution in [3.63, 3.8) is 0 Å². The van der Waals surface area contributed by atoms with Gasteiger partial charge in [0.2, 0.25) is 0 Å². The highest BCUT2D eigenvalue weighted by molar-refractivity contribution is 6.01. The molecule has 0 saturated carbocycles. The highest BCUT2D eigenvalue weighted by Gasteiger charge is 2.11. The number of amides is 1. The SMILES string of the molecule is N#C/C(=C/c1ccc(-c2cccc(F)c2)o1)C(=O)NCCCc1ccccc1. The van der Waals surface area contributed by atoms with E-state index in [-0.39, 0.29) is 11.4 Å². The van der Waals surface area contributed by atoms with Crippen LogP contribution >= 0.6 is 0 Å². The van der Waals surface area contributed by atoms with Crippen molar-refractivity contribution in [1.29, 1.82) is 5.26 Å². The molecule has 0 bridgehead atoms. The van der Waals surface area contributed by atoms with Gasteiger partial charge in [0.05, 0.1) is 0 Å². The van der Waals surface area contributed by atoms with Gasteiger partial charge < -0.3 is 9.73 Å². The minimum atomic E-state index is -0.445. The van der Waals surface area contributed by atoms with E-state index in [1.54, 1.807) is 24.3 Å². The van der Waals surface area contributed by atoms with Crippen LogP contribution in [-0.2, 0) is 11.2 Å². The Balaban J connectivity index is 1.59. The van der Waals surface area contributed by atoms with Crippen LogP contribution < -0.4 is 5.32 Å². The number of benzene rings is 2. The Morgan fingerprint density at radius 3 is 2.68 bits per heavy atom. The Hall–Kier alpha value is -3.65. The lowest BCUT2D eigenvalue weighted by atomic mass is 10.1. The maximum atomic E-state index is 13.3. The molecule has 0 unspecified atom stereocenters. The number of nitrogens with one attached hydrogen (secondary N) is 1. The van der Waals surface area contributed by atoms with Gasteiger partial charge in [0, 0.05) is 18.2 Å². The van der Waals surface area contributed by atoms with Gasteiger partial charge in [-0.15, -0.1) is 0 Å². The van der Waals surface area contributed by atoms with Crippen molar-refractivity contribution in [2.45, 2.75) is 12.8 Å². The van der Waals surface area contributed by atoms with Crippen molar-refractivity contribution >= 4 is 12.0 Å². The van der Waals surface area contributed by atoms with Gasteiger partial charge in [-0.1, -0.05) is 42.5 Å². The van der Waals surface area contributed by atoms with Crippen LogP contribution in [0, 0.1) is 17.1 Å². The predicted octanol–water partition coefficient (Wildman–Crippen LogP) is 4.74. The number of halogens is 1. The molecule has 0 aliphatic heterocycles. The van der Waals surface area contributed by atoms with E-state index in [1.807, 2.05) is 36.4 Å². The molecule has 1 amide bonds. The Bertz CT molecular complexity index is 1020. The second kappa shape index (κ2) is 9.33. The van der Waals surface area contributed by atoms with Crippen molar-refractivity contribution in [1.82, 2.24) is 5.32 Å². The molecule has 28 heavy (non-hydrogen) atoms. The first-order chi connectivity index (χ1) is 13.7. The third-order valence-electron chi connectivity index (χ3n) is 4.16. The lowest BCUT2D eigenvalue weighted by Gasteiger charge is -2.04. The highest BCUT2D eigenvalue weighted by atomic mass is 19.1. The van der Waals surface area contributed by atoms with E-state index in [1.165, 1.54) is 23.8 Å². The summed E-state index contributed by atoms with van der Waals surface area (Å²) < 4.78 is 19.0. The highest BCUT2D eigenvalue weighted by Crippen LogP contribution is 2.24. The predicted molar refractivity (Wildman–Crippen MR) is 105 cm³/mol. The van der Waals surface area contributed by atoms with Crippen molar-refractivity contribution in [3.05, 3.63) is 89.4 Å². The molecule has 3 aromatic rings. The quantitative estimate of drug-likeness (QED) is 0.369. The molecule has 1 N–H and O–H groups in total. The van der Waals surface area contributed by atoms with E-state index in [0.29, 0.717) is 23.6 Å². The molecule has 0 atom stereocenters. The molecule has 5 heteroatoms. The molecule has 4 nitrogen and oxygen atoms in total. The summed E-state index contributed by atoms with van der Waals surface area (Å²) in [5, 5.41) is 12.0. The molecule has 3 rings (SSSR count). The van der Waals surface area contributed by atoms with Crippen LogP contribution in [0.3, 0.4) is 0 Å². The van der Waals surface area contributed by atoms with E-state index in [0.717, 1.165) is 12.8 Å². The molecule has 0 radical (unpaired) electrons. The van der Waals surface area contributed by atoms with E-state index in [9.17, 15) is 14.4 Å². The second-order valence-electron chi connectivity index (χ2n) is 6.23. The molecule has 0 aliphatic rings. The third-order valence-corrected chi connectivity index (χ3v) is 4.16. The molecular formula is C23H19FN2O2. The number of hydrogen-bond acceptors (Lipinski definition) is 3. The molecule has 2 aromatic carbocycles. The van der Waals surface area contributed by atoms with Crippen molar-refractivity contribution in [2.75, 3.05) is 6.54 Å². The number of nitrogens with zero attached hydrogens (tertiary/aromatic N) is 1. The van der Waals surface area contributed by atoms with Gasteiger partial charge >= 0.3 is 0 Å². The Kier molecular flexibility index (Phi) is 6.37. The standard InChI is InChI=1S/C23H19FN2O2/c24-20-10-4-9-18(14-20)22-12-11-21(28-22)15-19(16-25)23(27)26-13-5-8-17-6-2-1-3-7-17/h1-4,6-7,9-12,14-15H,5,8,13H2,(H,26,27)/b19-15-. The van der Waals surface area contributed by atoms with Gasteiger partial charge in [-0.3, -0.25) is 4.79 Å². The number of aryl methyl sites for hydroxylation is 1. The fraction of sp³-hybridized carbons (Fsp3) is 0.130. The average Bonchev–Trinajstić information content (AvgIpc) is 3.19. The van der Waals surface area contributed by atoms with Gasteiger partial charge in [0.15, 0.2) is 0 Å². The first-order valence-electron chi connectivity index (χ1n) is 8.95. The maximum absolute atomic E-state index is 13.3. The summed E-state index contributed by atoms with van der Waals surface area (Å²) in [6.45, 7) is 0.472. The topological polar surface area (TPSA) is 66.0 Å². The molecule has 0 spiro atoms. The summed E-state index contributed by atoms with van der Waals surface area (Å²) in [7, 11) is 0. The summed E-state index contributed by atoms with van der Waals surface area (Å²) in [5.41, 5.74) is 1.75. The first kappa shape index (κ1) is 19.1. The smallest absolute Gasteiger partial charge is 0.262 e. The van der Waals surface area contributed by atoms with Crippen LogP contribution in [0.15, 0.2) is 76.7 Å². The van der Waals surface area contributed by atoms with Gasteiger partial charge in [-0.25, -0.2) is 4.39 Å². The van der Waals surface area contributed by atoms with Gasteiger partial charge in [0.1, 0.15) is 29.0 Å². The normalized spacial score (nSPS) is 11.1. The molecular weight excluding hydrogens is 355 g/mol. The molecule has 1 aromatic heterocycles. The summed E-state index contributed by atoms with van der Waals surface area (Å²) in [6, 6.07) is 21.2. The van der Waals surface area contributed by atoms with Gasteiger partial charge in [0.25, 0.3) is 5.91 Å². The Labute approximate surface area is 162 Å². The second-order valence-corrected chi connectivity index (χ2v) is 6.23. The Morgan fingerprint density at radius 2 is 1.93 bits per heavy atom. The van der Waals surface area contributed by atoms with Crippen molar-refractivity contribution in [3.8, 4) is 17.4 Å². The average molecular weight is 374 g/mol. The molecule has 0 fully saturated rings. The zero-order valence-corrected chi connectivity index (χ0v) is 15.2. The maximum Gasteiger partial charge on any atom is 0.262 e.